The molecule has 1 aromatic carbocycles. The van der Waals surface area contributed by atoms with Gasteiger partial charge in [-0.25, -0.2) is 4.79 Å². The van der Waals surface area contributed by atoms with Crippen LogP contribution >= 0.6 is 22.6 Å². The van der Waals surface area contributed by atoms with Gasteiger partial charge >= 0.3 is 5.97 Å². The van der Waals surface area contributed by atoms with Crippen molar-refractivity contribution in [2.24, 2.45) is 0 Å². The van der Waals surface area contributed by atoms with E-state index in [9.17, 15) is 4.79 Å². The topological polar surface area (TPSA) is 50.2 Å². The monoisotopic (exact) mass is 367 g/mol. The summed E-state index contributed by atoms with van der Waals surface area (Å²) in [7, 11) is 0. The van der Waals surface area contributed by atoms with Gasteiger partial charge in [0.05, 0.1) is 17.0 Å². The third-order valence-corrected chi connectivity index (χ3v) is 3.55. The lowest BCUT2D eigenvalue weighted by Gasteiger charge is -2.07. The number of aromatic nitrogens is 1. The summed E-state index contributed by atoms with van der Waals surface area (Å²) in [5.74, 6) is -0.912. The number of aryl methyl sites for hydroxylation is 1. The van der Waals surface area contributed by atoms with Crippen LogP contribution in [0.15, 0.2) is 36.4 Å². The summed E-state index contributed by atoms with van der Waals surface area (Å²) < 4.78 is 1.16. The smallest absolute Gasteiger partial charge is 0.337 e. The number of pyridine rings is 1. The molecule has 3 nitrogen and oxygen atoms in total. The van der Waals surface area contributed by atoms with Gasteiger partial charge in [-0.3, -0.25) is 4.98 Å². The van der Waals surface area contributed by atoms with Crippen molar-refractivity contribution in [3.63, 3.8) is 0 Å². The molecule has 1 N–H and O–H groups in total. The highest BCUT2D eigenvalue weighted by Crippen LogP contribution is 2.21. The number of halogens is 1. The zero-order valence-electron chi connectivity index (χ0n) is 10.6. The Hall–Kier alpha value is -1.43. The normalized spacial score (nSPS) is 10.4. The molecule has 0 aliphatic carbocycles. The Kier molecular flexibility index (Phi) is 4.52. The Bertz CT molecular complexity index is 594. The number of rotatable bonds is 4. The van der Waals surface area contributed by atoms with Crippen LogP contribution < -0.4 is 0 Å². The number of hydrogen-bond donors (Lipinski definition) is 1. The van der Waals surface area contributed by atoms with Crippen LogP contribution in [0.4, 0.5) is 0 Å². The number of hydrogen-bond acceptors (Lipinski definition) is 2. The van der Waals surface area contributed by atoms with Crippen LogP contribution in [-0.4, -0.2) is 16.1 Å². The molecular formula is C15H14INO2. The number of carbonyl (C=O) groups is 1. The molecule has 0 amide bonds. The van der Waals surface area contributed by atoms with E-state index in [-0.39, 0.29) is 0 Å². The van der Waals surface area contributed by atoms with Gasteiger partial charge in [-0.2, -0.15) is 0 Å². The molecule has 98 valence electrons. The van der Waals surface area contributed by atoms with Gasteiger partial charge in [0.25, 0.3) is 0 Å². The molecule has 0 saturated heterocycles. The molecule has 0 spiro atoms. The molecule has 1 heterocycles. The van der Waals surface area contributed by atoms with E-state index in [0.29, 0.717) is 17.7 Å². The average Bonchev–Trinajstić information content (AvgIpc) is 2.39. The summed E-state index contributed by atoms with van der Waals surface area (Å²) >= 11 is 2.25. The Morgan fingerprint density at radius 1 is 1.21 bits per heavy atom. The number of benzene rings is 1. The first-order valence-electron chi connectivity index (χ1n) is 6.11. The van der Waals surface area contributed by atoms with E-state index in [1.165, 1.54) is 0 Å². The van der Waals surface area contributed by atoms with Crippen LogP contribution in [-0.2, 0) is 6.42 Å². The van der Waals surface area contributed by atoms with Crippen LogP contribution in [0.25, 0.3) is 11.3 Å². The Morgan fingerprint density at radius 3 is 2.47 bits per heavy atom. The van der Waals surface area contributed by atoms with Crippen LogP contribution in [0.3, 0.4) is 0 Å². The van der Waals surface area contributed by atoms with Crippen LogP contribution in [0.5, 0.6) is 0 Å². The molecule has 4 heteroatoms. The molecular weight excluding hydrogens is 353 g/mol. The Labute approximate surface area is 125 Å². The van der Waals surface area contributed by atoms with E-state index in [2.05, 4.69) is 27.6 Å². The first kappa shape index (κ1) is 14.0. The van der Waals surface area contributed by atoms with Gasteiger partial charge in [0, 0.05) is 9.13 Å². The van der Waals surface area contributed by atoms with Gasteiger partial charge in [-0.1, -0.05) is 25.5 Å². The number of nitrogens with zero attached hydrogens (tertiary/aromatic N) is 1. The molecule has 2 rings (SSSR count). The van der Waals surface area contributed by atoms with Gasteiger partial charge < -0.3 is 5.11 Å². The summed E-state index contributed by atoms with van der Waals surface area (Å²) in [6, 6.07) is 11.4. The van der Waals surface area contributed by atoms with Crippen LogP contribution in [0, 0.1) is 3.57 Å². The van der Waals surface area contributed by atoms with Crippen molar-refractivity contribution >= 4 is 28.6 Å². The summed E-state index contributed by atoms with van der Waals surface area (Å²) in [5.41, 5.74) is 2.79. The standard InChI is InChI=1S/C15H14INO2/c1-2-3-14-12(15(18)19)8-9-13(17-14)10-4-6-11(16)7-5-10/h4-9H,2-3H2,1H3,(H,18,19). The molecule has 0 bridgehead atoms. The van der Waals surface area contributed by atoms with E-state index >= 15 is 0 Å². The molecule has 0 fully saturated rings. The number of carboxylic acids is 1. The second-order valence-electron chi connectivity index (χ2n) is 4.25. The third-order valence-electron chi connectivity index (χ3n) is 2.83. The van der Waals surface area contributed by atoms with Gasteiger partial charge in [0.2, 0.25) is 0 Å². The highest BCUT2D eigenvalue weighted by Gasteiger charge is 2.12. The van der Waals surface area contributed by atoms with E-state index in [1.807, 2.05) is 31.2 Å². The van der Waals surface area contributed by atoms with Gasteiger partial charge in [-0.05, 0) is 53.3 Å². The molecule has 0 unspecified atom stereocenters. The fourth-order valence-electron chi connectivity index (χ4n) is 1.90. The minimum Gasteiger partial charge on any atom is -0.478 e. The minimum absolute atomic E-state index is 0.302. The minimum atomic E-state index is -0.912. The number of aromatic carboxylic acids is 1. The quantitative estimate of drug-likeness (QED) is 0.831. The fourth-order valence-corrected chi connectivity index (χ4v) is 2.26. The van der Waals surface area contributed by atoms with E-state index in [1.54, 1.807) is 12.1 Å². The molecule has 0 aliphatic rings. The molecule has 0 aliphatic heterocycles. The van der Waals surface area contributed by atoms with Gasteiger partial charge in [-0.15, -0.1) is 0 Å². The van der Waals surface area contributed by atoms with Crippen molar-refractivity contribution in [1.82, 2.24) is 4.98 Å². The summed E-state index contributed by atoms with van der Waals surface area (Å²) in [6.45, 7) is 2.02. The first-order valence-corrected chi connectivity index (χ1v) is 7.19. The molecule has 19 heavy (non-hydrogen) atoms. The highest BCUT2D eigenvalue weighted by molar-refractivity contribution is 14.1. The lowest BCUT2D eigenvalue weighted by atomic mass is 10.1. The van der Waals surface area contributed by atoms with E-state index in [0.717, 1.165) is 21.2 Å². The summed E-state index contributed by atoms with van der Waals surface area (Å²) in [6.07, 6.45) is 1.56. The maximum absolute atomic E-state index is 11.1. The van der Waals surface area contributed by atoms with Crippen molar-refractivity contribution in [3.05, 3.63) is 51.2 Å². The van der Waals surface area contributed by atoms with Crippen molar-refractivity contribution < 1.29 is 9.90 Å². The van der Waals surface area contributed by atoms with Crippen LogP contribution in [0.2, 0.25) is 0 Å². The maximum Gasteiger partial charge on any atom is 0.337 e. The van der Waals surface area contributed by atoms with E-state index < -0.39 is 5.97 Å². The van der Waals surface area contributed by atoms with Crippen molar-refractivity contribution in [3.8, 4) is 11.3 Å². The predicted molar refractivity (Wildman–Crippen MR) is 83.3 cm³/mol. The molecule has 0 atom stereocenters. The predicted octanol–water partition coefficient (Wildman–Crippen LogP) is 4.00. The Morgan fingerprint density at radius 2 is 1.89 bits per heavy atom. The maximum atomic E-state index is 11.1. The van der Waals surface area contributed by atoms with Crippen LogP contribution in [0.1, 0.15) is 29.4 Å². The number of carboxylic acid groups (broad SMARTS) is 1. The molecule has 2 aromatic rings. The first-order chi connectivity index (χ1) is 9.11. The molecule has 0 saturated carbocycles. The zero-order valence-corrected chi connectivity index (χ0v) is 12.7. The highest BCUT2D eigenvalue weighted by atomic mass is 127. The second kappa shape index (κ2) is 6.14. The molecule has 0 radical (unpaired) electrons. The second-order valence-corrected chi connectivity index (χ2v) is 5.50. The van der Waals surface area contributed by atoms with E-state index in [4.69, 9.17) is 5.11 Å². The van der Waals surface area contributed by atoms with Crippen molar-refractivity contribution in [2.45, 2.75) is 19.8 Å². The SMILES string of the molecule is CCCc1nc(-c2ccc(I)cc2)ccc1C(=O)O. The summed E-state index contributed by atoms with van der Waals surface area (Å²) in [5, 5.41) is 9.15. The largest absolute Gasteiger partial charge is 0.478 e. The average molecular weight is 367 g/mol. The Balaban J connectivity index is 2.45. The van der Waals surface area contributed by atoms with Crippen molar-refractivity contribution in [1.29, 1.82) is 0 Å². The lowest BCUT2D eigenvalue weighted by Crippen LogP contribution is -2.05. The fraction of sp³-hybridized carbons (Fsp3) is 0.200. The third kappa shape index (κ3) is 3.32. The lowest BCUT2D eigenvalue weighted by molar-refractivity contribution is 0.0695. The van der Waals surface area contributed by atoms with Crippen molar-refractivity contribution in [2.75, 3.05) is 0 Å². The molecule has 1 aromatic heterocycles. The van der Waals surface area contributed by atoms with Gasteiger partial charge in [0.15, 0.2) is 0 Å². The summed E-state index contributed by atoms with van der Waals surface area (Å²) in [4.78, 5) is 15.6. The zero-order chi connectivity index (χ0) is 13.8. The van der Waals surface area contributed by atoms with Gasteiger partial charge in [0.1, 0.15) is 0 Å².